The lowest BCUT2D eigenvalue weighted by Crippen LogP contribution is -2.36. The Morgan fingerprint density at radius 1 is 1.31 bits per heavy atom. The number of aromatic nitrogens is 1. The van der Waals surface area contributed by atoms with E-state index in [9.17, 15) is 4.79 Å². The topological polar surface area (TPSA) is 49.6 Å². The molecule has 138 valence electrons. The van der Waals surface area contributed by atoms with Gasteiger partial charge in [-0.1, -0.05) is 67.4 Å². The molecule has 1 atom stereocenters. The highest BCUT2D eigenvalue weighted by Crippen LogP contribution is 2.19. The van der Waals surface area contributed by atoms with Crippen molar-refractivity contribution >= 4 is 5.91 Å². The minimum atomic E-state index is -0.0446. The minimum absolute atomic E-state index is 0.0446. The number of amides is 1. The summed E-state index contributed by atoms with van der Waals surface area (Å²) in [6.45, 7) is 4.26. The summed E-state index contributed by atoms with van der Waals surface area (Å²) in [5.41, 5.74) is 1.64. The van der Waals surface area contributed by atoms with Gasteiger partial charge in [-0.2, -0.15) is 0 Å². The Morgan fingerprint density at radius 2 is 2.12 bits per heavy atom. The Hall–Kier alpha value is -2.40. The molecule has 2 aromatic rings. The van der Waals surface area contributed by atoms with Crippen molar-refractivity contribution in [3.8, 4) is 0 Å². The zero-order valence-corrected chi connectivity index (χ0v) is 15.6. The van der Waals surface area contributed by atoms with Crippen LogP contribution in [0.5, 0.6) is 0 Å². The zero-order valence-electron chi connectivity index (χ0n) is 15.6. The van der Waals surface area contributed by atoms with Gasteiger partial charge in [-0.3, -0.25) is 9.69 Å². The van der Waals surface area contributed by atoms with Crippen LogP contribution in [0.15, 0.2) is 53.1 Å². The molecule has 1 amide bonds. The van der Waals surface area contributed by atoms with E-state index in [-0.39, 0.29) is 11.9 Å². The third-order valence-corrected chi connectivity index (χ3v) is 4.67. The van der Waals surface area contributed by atoms with Crippen molar-refractivity contribution < 1.29 is 9.32 Å². The minimum Gasteiger partial charge on any atom is -0.359 e. The summed E-state index contributed by atoms with van der Waals surface area (Å²) >= 11 is 0. The lowest BCUT2D eigenvalue weighted by atomic mass is 10.1. The third-order valence-electron chi connectivity index (χ3n) is 4.67. The molecule has 5 heteroatoms. The molecule has 0 aliphatic carbocycles. The Labute approximate surface area is 155 Å². The van der Waals surface area contributed by atoms with Gasteiger partial charge in [-0.15, -0.1) is 0 Å². The van der Waals surface area contributed by atoms with Gasteiger partial charge in [0.1, 0.15) is 0 Å². The van der Waals surface area contributed by atoms with Gasteiger partial charge in [-0.25, -0.2) is 0 Å². The van der Waals surface area contributed by atoms with Crippen molar-refractivity contribution in [1.82, 2.24) is 15.0 Å². The fourth-order valence-corrected chi connectivity index (χ4v) is 3.32. The zero-order chi connectivity index (χ0) is 18.4. The largest absolute Gasteiger partial charge is 0.359 e. The number of nitrogens with zero attached hydrogens (tertiary/aromatic N) is 3. The van der Waals surface area contributed by atoms with Gasteiger partial charge in [0.25, 0.3) is 5.91 Å². The number of benzene rings is 1. The van der Waals surface area contributed by atoms with E-state index >= 15 is 0 Å². The van der Waals surface area contributed by atoms with Crippen LogP contribution in [0, 0.1) is 0 Å². The lowest BCUT2D eigenvalue weighted by Gasteiger charge is -2.23. The highest BCUT2D eigenvalue weighted by Gasteiger charge is 2.27. The summed E-state index contributed by atoms with van der Waals surface area (Å²) in [5.74, 6) is 0.667. The fourth-order valence-electron chi connectivity index (χ4n) is 3.32. The van der Waals surface area contributed by atoms with E-state index in [1.807, 2.05) is 30.1 Å². The SMILES string of the molecule is CCCC[C@H]1C=CCN1C(=O)c1cc(CN(C)Cc2ccccc2)on1. The van der Waals surface area contributed by atoms with Gasteiger partial charge in [0.2, 0.25) is 0 Å². The van der Waals surface area contributed by atoms with Crippen molar-refractivity contribution in [2.24, 2.45) is 0 Å². The second kappa shape index (κ2) is 8.81. The normalized spacial score (nSPS) is 16.6. The Morgan fingerprint density at radius 3 is 2.88 bits per heavy atom. The molecule has 1 aromatic carbocycles. The summed E-state index contributed by atoms with van der Waals surface area (Å²) in [6, 6.07) is 12.2. The van der Waals surface area contributed by atoms with Gasteiger partial charge in [-0.05, 0) is 19.0 Å². The predicted molar refractivity (Wildman–Crippen MR) is 102 cm³/mol. The average molecular weight is 353 g/mol. The summed E-state index contributed by atoms with van der Waals surface area (Å²) in [5, 5.41) is 4.01. The lowest BCUT2D eigenvalue weighted by molar-refractivity contribution is 0.0733. The molecular weight excluding hydrogens is 326 g/mol. The Balaban J connectivity index is 1.57. The maximum absolute atomic E-state index is 12.8. The van der Waals surface area contributed by atoms with Crippen molar-refractivity contribution in [1.29, 1.82) is 0 Å². The summed E-state index contributed by atoms with van der Waals surface area (Å²) in [7, 11) is 2.03. The molecule has 0 spiro atoms. The van der Waals surface area contributed by atoms with Crippen molar-refractivity contribution in [2.45, 2.75) is 45.3 Å². The number of unbranched alkanes of at least 4 members (excludes halogenated alkanes) is 1. The van der Waals surface area contributed by atoms with Crippen LogP contribution in [0.2, 0.25) is 0 Å². The van der Waals surface area contributed by atoms with Crippen molar-refractivity contribution in [2.75, 3.05) is 13.6 Å². The molecule has 5 nitrogen and oxygen atoms in total. The first-order chi connectivity index (χ1) is 12.7. The van der Waals surface area contributed by atoms with E-state index in [0.717, 1.165) is 25.8 Å². The van der Waals surface area contributed by atoms with Crippen LogP contribution in [0.3, 0.4) is 0 Å². The highest BCUT2D eigenvalue weighted by atomic mass is 16.5. The van der Waals surface area contributed by atoms with Crippen LogP contribution in [-0.4, -0.2) is 40.5 Å². The molecule has 1 aliphatic heterocycles. The monoisotopic (exact) mass is 353 g/mol. The molecule has 0 saturated heterocycles. The van der Waals surface area contributed by atoms with E-state index in [0.29, 0.717) is 24.5 Å². The van der Waals surface area contributed by atoms with Crippen LogP contribution < -0.4 is 0 Å². The van der Waals surface area contributed by atoms with Crippen LogP contribution >= 0.6 is 0 Å². The first-order valence-corrected chi connectivity index (χ1v) is 9.33. The molecule has 1 aromatic heterocycles. The molecule has 1 aliphatic rings. The van der Waals surface area contributed by atoms with Gasteiger partial charge in [0, 0.05) is 19.2 Å². The second-order valence-corrected chi connectivity index (χ2v) is 6.93. The number of carbonyl (C=O) groups excluding carboxylic acids is 1. The molecule has 0 radical (unpaired) electrons. The van der Waals surface area contributed by atoms with Crippen LogP contribution in [0.1, 0.15) is 48.0 Å². The van der Waals surface area contributed by atoms with E-state index in [1.165, 1.54) is 5.56 Å². The smallest absolute Gasteiger partial charge is 0.276 e. The standard InChI is InChI=1S/C21H27N3O2/c1-3-4-11-18-12-8-13-24(18)21(25)20-14-19(26-22-20)16-23(2)15-17-9-6-5-7-10-17/h5-10,12,14,18H,3-4,11,13,15-16H2,1-2H3/t18-/m0/s1. The first kappa shape index (κ1) is 18.4. The van der Waals surface area contributed by atoms with Gasteiger partial charge in [0.05, 0.1) is 12.6 Å². The molecule has 2 heterocycles. The summed E-state index contributed by atoms with van der Waals surface area (Å²) in [4.78, 5) is 16.8. The number of carbonyl (C=O) groups is 1. The van der Waals surface area contributed by atoms with Crippen LogP contribution in [-0.2, 0) is 13.1 Å². The van der Waals surface area contributed by atoms with Gasteiger partial charge >= 0.3 is 0 Å². The second-order valence-electron chi connectivity index (χ2n) is 6.93. The molecule has 0 N–H and O–H groups in total. The van der Waals surface area contributed by atoms with E-state index < -0.39 is 0 Å². The average Bonchev–Trinajstić information content (AvgIpc) is 3.29. The maximum atomic E-state index is 12.8. The molecule has 0 bridgehead atoms. The highest BCUT2D eigenvalue weighted by molar-refractivity contribution is 5.93. The number of hydrogen-bond acceptors (Lipinski definition) is 4. The molecule has 0 fully saturated rings. The molecule has 26 heavy (non-hydrogen) atoms. The van der Waals surface area contributed by atoms with E-state index in [4.69, 9.17) is 4.52 Å². The number of hydrogen-bond donors (Lipinski definition) is 0. The van der Waals surface area contributed by atoms with Crippen LogP contribution in [0.25, 0.3) is 0 Å². The maximum Gasteiger partial charge on any atom is 0.276 e. The summed E-state index contributed by atoms with van der Waals surface area (Å²) in [6.07, 6.45) is 7.44. The number of rotatable bonds is 8. The van der Waals surface area contributed by atoms with Crippen molar-refractivity contribution in [3.05, 3.63) is 65.6 Å². The quantitative estimate of drug-likeness (QED) is 0.676. The summed E-state index contributed by atoms with van der Waals surface area (Å²) < 4.78 is 5.41. The molecule has 3 rings (SSSR count). The molecule has 0 unspecified atom stereocenters. The van der Waals surface area contributed by atoms with E-state index in [1.54, 1.807) is 6.07 Å². The fraction of sp³-hybridized carbons (Fsp3) is 0.429. The molecular formula is C21H27N3O2. The Kier molecular flexibility index (Phi) is 6.23. The van der Waals surface area contributed by atoms with Gasteiger partial charge in [0.15, 0.2) is 11.5 Å². The van der Waals surface area contributed by atoms with Crippen LogP contribution in [0.4, 0.5) is 0 Å². The van der Waals surface area contributed by atoms with E-state index in [2.05, 4.69) is 41.3 Å². The third kappa shape index (κ3) is 4.61. The first-order valence-electron chi connectivity index (χ1n) is 9.33. The van der Waals surface area contributed by atoms with Crippen molar-refractivity contribution in [3.63, 3.8) is 0 Å². The molecule has 0 saturated carbocycles. The van der Waals surface area contributed by atoms with Gasteiger partial charge < -0.3 is 9.42 Å². The predicted octanol–water partition coefficient (Wildman–Crippen LogP) is 3.88. The Bertz CT molecular complexity index is 739.